The first kappa shape index (κ1) is 12.9. The highest BCUT2D eigenvalue weighted by Crippen LogP contribution is 2.08. The van der Waals surface area contributed by atoms with Crippen LogP contribution in [-0.4, -0.2) is 31.6 Å². The van der Waals surface area contributed by atoms with E-state index in [0.29, 0.717) is 13.2 Å². The molecule has 0 saturated carbocycles. The Bertz CT molecular complexity index is 361. The van der Waals surface area contributed by atoms with Gasteiger partial charge < -0.3 is 15.4 Å². The molecule has 2 rings (SSSR count). The van der Waals surface area contributed by atoms with Gasteiger partial charge in [0.25, 0.3) is 0 Å². The van der Waals surface area contributed by atoms with E-state index in [9.17, 15) is 4.79 Å². The summed E-state index contributed by atoms with van der Waals surface area (Å²) in [6.07, 6.45) is 2.87. The van der Waals surface area contributed by atoms with Gasteiger partial charge in [0.2, 0.25) is 5.91 Å². The van der Waals surface area contributed by atoms with Crippen LogP contribution in [0.2, 0.25) is 0 Å². The van der Waals surface area contributed by atoms with E-state index in [1.807, 2.05) is 30.3 Å². The summed E-state index contributed by atoms with van der Waals surface area (Å²) >= 11 is 0. The van der Waals surface area contributed by atoms with E-state index < -0.39 is 0 Å². The second-order valence-electron chi connectivity index (χ2n) is 4.46. The molecule has 1 atom stereocenters. The summed E-state index contributed by atoms with van der Waals surface area (Å²) < 4.78 is 5.55. The molecule has 1 saturated heterocycles. The summed E-state index contributed by atoms with van der Waals surface area (Å²) in [5.41, 5.74) is 0. The fraction of sp³-hybridized carbons (Fsp3) is 0.500. The number of carbonyl (C=O) groups excluding carboxylic acids is 1. The molecule has 1 unspecified atom stereocenters. The van der Waals surface area contributed by atoms with Crippen LogP contribution in [0.1, 0.15) is 19.3 Å². The number of carbonyl (C=O) groups is 1. The lowest BCUT2D eigenvalue weighted by molar-refractivity contribution is -0.122. The average molecular weight is 248 g/mol. The van der Waals surface area contributed by atoms with Gasteiger partial charge in [-0.15, -0.1) is 0 Å². The zero-order valence-corrected chi connectivity index (χ0v) is 10.5. The number of nitrogens with one attached hydrogen (secondary N) is 2. The fourth-order valence-electron chi connectivity index (χ4n) is 2.02. The molecule has 0 aromatic heterocycles. The van der Waals surface area contributed by atoms with Crippen molar-refractivity contribution in [1.82, 2.24) is 10.6 Å². The lowest BCUT2D eigenvalue weighted by Gasteiger charge is -2.11. The molecular formula is C14H20N2O2. The lowest BCUT2D eigenvalue weighted by atomic mass is 10.2. The van der Waals surface area contributed by atoms with Gasteiger partial charge in [-0.1, -0.05) is 18.2 Å². The molecule has 1 fully saturated rings. The molecule has 4 nitrogen and oxygen atoms in total. The molecule has 1 aromatic rings. The van der Waals surface area contributed by atoms with Crippen molar-refractivity contribution in [2.75, 3.05) is 19.7 Å². The van der Waals surface area contributed by atoms with Crippen LogP contribution in [-0.2, 0) is 4.79 Å². The Morgan fingerprint density at radius 3 is 2.94 bits per heavy atom. The van der Waals surface area contributed by atoms with Gasteiger partial charge in [0.1, 0.15) is 5.75 Å². The van der Waals surface area contributed by atoms with Gasteiger partial charge >= 0.3 is 0 Å². The minimum absolute atomic E-state index is 0.0139. The molecule has 1 amide bonds. The zero-order valence-electron chi connectivity index (χ0n) is 10.5. The molecule has 1 heterocycles. The van der Waals surface area contributed by atoms with Crippen molar-refractivity contribution in [2.45, 2.75) is 25.3 Å². The number of rotatable bonds is 6. The highest BCUT2D eigenvalue weighted by atomic mass is 16.5. The summed E-state index contributed by atoms with van der Waals surface area (Å²) in [4.78, 5) is 11.7. The average Bonchev–Trinajstić information content (AvgIpc) is 2.93. The highest BCUT2D eigenvalue weighted by molar-refractivity contribution is 5.81. The van der Waals surface area contributed by atoms with Crippen molar-refractivity contribution in [3.63, 3.8) is 0 Å². The number of hydrogen-bond acceptors (Lipinski definition) is 3. The first-order valence-corrected chi connectivity index (χ1v) is 6.55. The molecule has 1 aliphatic rings. The standard InChI is InChI=1S/C14H20N2O2/c17-14(13-8-4-9-15-13)16-10-5-11-18-12-6-2-1-3-7-12/h1-3,6-7,13,15H,4-5,8-11H2,(H,16,17). The highest BCUT2D eigenvalue weighted by Gasteiger charge is 2.20. The van der Waals surface area contributed by atoms with E-state index in [2.05, 4.69) is 10.6 Å². The Kier molecular flexibility index (Phi) is 5.02. The van der Waals surface area contributed by atoms with Crippen LogP contribution in [0.5, 0.6) is 5.75 Å². The molecule has 0 spiro atoms. The zero-order chi connectivity index (χ0) is 12.6. The number of para-hydroxylation sites is 1. The predicted octanol–water partition coefficient (Wildman–Crippen LogP) is 1.32. The van der Waals surface area contributed by atoms with Crippen molar-refractivity contribution >= 4 is 5.91 Å². The Morgan fingerprint density at radius 1 is 1.39 bits per heavy atom. The Balaban J connectivity index is 1.54. The van der Waals surface area contributed by atoms with Crippen LogP contribution in [0.15, 0.2) is 30.3 Å². The van der Waals surface area contributed by atoms with Gasteiger partial charge in [-0.2, -0.15) is 0 Å². The molecular weight excluding hydrogens is 228 g/mol. The maximum atomic E-state index is 11.7. The van der Waals surface area contributed by atoms with E-state index in [4.69, 9.17) is 4.74 Å². The maximum absolute atomic E-state index is 11.7. The molecule has 1 aromatic carbocycles. The molecule has 0 radical (unpaired) electrons. The molecule has 18 heavy (non-hydrogen) atoms. The molecule has 2 N–H and O–H groups in total. The summed E-state index contributed by atoms with van der Waals surface area (Å²) in [7, 11) is 0. The third-order valence-electron chi connectivity index (χ3n) is 3.01. The van der Waals surface area contributed by atoms with E-state index in [1.54, 1.807) is 0 Å². The minimum Gasteiger partial charge on any atom is -0.494 e. The molecule has 1 aliphatic heterocycles. The predicted molar refractivity (Wildman–Crippen MR) is 70.6 cm³/mol. The van der Waals surface area contributed by atoms with Crippen molar-refractivity contribution in [3.05, 3.63) is 30.3 Å². The van der Waals surface area contributed by atoms with Crippen LogP contribution >= 0.6 is 0 Å². The van der Waals surface area contributed by atoms with Gasteiger partial charge in [-0.25, -0.2) is 0 Å². The molecule has 98 valence electrons. The largest absolute Gasteiger partial charge is 0.494 e. The van der Waals surface area contributed by atoms with Crippen molar-refractivity contribution in [3.8, 4) is 5.75 Å². The van der Waals surface area contributed by atoms with Crippen molar-refractivity contribution < 1.29 is 9.53 Å². The Morgan fingerprint density at radius 2 is 2.22 bits per heavy atom. The van der Waals surface area contributed by atoms with Gasteiger partial charge in [0.15, 0.2) is 0 Å². The topological polar surface area (TPSA) is 50.4 Å². The number of hydrogen-bond donors (Lipinski definition) is 2. The third-order valence-corrected chi connectivity index (χ3v) is 3.01. The van der Waals surface area contributed by atoms with Crippen LogP contribution in [0, 0.1) is 0 Å². The number of ether oxygens (including phenoxy) is 1. The molecule has 4 heteroatoms. The Hall–Kier alpha value is -1.55. The summed E-state index contributed by atoms with van der Waals surface area (Å²) in [5.74, 6) is 0.994. The lowest BCUT2D eigenvalue weighted by Crippen LogP contribution is -2.40. The van der Waals surface area contributed by atoms with Crippen molar-refractivity contribution in [2.24, 2.45) is 0 Å². The van der Waals surface area contributed by atoms with Crippen LogP contribution < -0.4 is 15.4 Å². The van der Waals surface area contributed by atoms with Crippen molar-refractivity contribution in [1.29, 1.82) is 0 Å². The van der Waals surface area contributed by atoms with E-state index >= 15 is 0 Å². The smallest absolute Gasteiger partial charge is 0.237 e. The summed E-state index contributed by atoms with van der Waals surface area (Å²) in [6.45, 7) is 2.25. The van der Waals surface area contributed by atoms with Gasteiger partial charge in [-0.3, -0.25) is 4.79 Å². The van der Waals surface area contributed by atoms with Gasteiger partial charge in [0, 0.05) is 6.54 Å². The number of amides is 1. The minimum atomic E-state index is 0.0139. The number of benzene rings is 1. The Labute approximate surface area is 108 Å². The fourth-order valence-corrected chi connectivity index (χ4v) is 2.02. The molecule has 0 aliphatic carbocycles. The van der Waals surface area contributed by atoms with E-state index in [0.717, 1.165) is 31.6 Å². The molecule has 0 bridgehead atoms. The second kappa shape index (κ2) is 7.01. The van der Waals surface area contributed by atoms with E-state index in [1.165, 1.54) is 0 Å². The first-order valence-electron chi connectivity index (χ1n) is 6.55. The second-order valence-corrected chi connectivity index (χ2v) is 4.46. The summed E-state index contributed by atoms with van der Waals surface area (Å²) in [6, 6.07) is 9.73. The van der Waals surface area contributed by atoms with Crippen LogP contribution in [0.4, 0.5) is 0 Å². The monoisotopic (exact) mass is 248 g/mol. The normalized spacial score (nSPS) is 18.6. The van der Waals surface area contributed by atoms with E-state index in [-0.39, 0.29) is 11.9 Å². The van der Waals surface area contributed by atoms with Crippen LogP contribution in [0.3, 0.4) is 0 Å². The SMILES string of the molecule is O=C(NCCCOc1ccccc1)C1CCCN1. The van der Waals surface area contributed by atoms with Gasteiger partial charge in [-0.05, 0) is 37.9 Å². The van der Waals surface area contributed by atoms with Crippen LogP contribution in [0.25, 0.3) is 0 Å². The third kappa shape index (κ3) is 4.04. The van der Waals surface area contributed by atoms with Gasteiger partial charge in [0.05, 0.1) is 12.6 Å². The quantitative estimate of drug-likeness (QED) is 0.747. The summed E-state index contributed by atoms with van der Waals surface area (Å²) in [5, 5.41) is 6.11. The first-order chi connectivity index (χ1) is 8.86. The maximum Gasteiger partial charge on any atom is 0.237 e.